The van der Waals surface area contributed by atoms with Gasteiger partial charge in [-0.2, -0.15) is 0 Å². The highest BCUT2D eigenvalue weighted by Gasteiger charge is 2.36. The number of anilines is 1. The minimum absolute atomic E-state index is 0.0636. The summed E-state index contributed by atoms with van der Waals surface area (Å²) in [4.78, 5) is 27.9. The normalized spacial score (nSPS) is 18.6. The Kier molecular flexibility index (Phi) is 8.43. The number of nitrogens with one attached hydrogen (secondary N) is 2. The lowest BCUT2D eigenvalue weighted by Gasteiger charge is -2.31. The maximum absolute atomic E-state index is 13.2. The van der Waals surface area contributed by atoms with Crippen LogP contribution in [0, 0.1) is 6.92 Å². The van der Waals surface area contributed by atoms with Gasteiger partial charge in [0.1, 0.15) is 6.04 Å². The minimum atomic E-state index is -4.00. The second-order valence-electron chi connectivity index (χ2n) is 9.44. The highest BCUT2D eigenvalue weighted by Crippen LogP contribution is 2.23. The molecule has 0 aromatic heterocycles. The molecule has 1 fully saturated rings. The molecule has 2 aliphatic heterocycles. The van der Waals surface area contributed by atoms with Crippen LogP contribution in [0.15, 0.2) is 65.8 Å². The Morgan fingerprint density at radius 1 is 1.03 bits per heavy atom. The highest BCUT2D eigenvalue weighted by molar-refractivity contribution is 7.89. The predicted molar refractivity (Wildman–Crippen MR) is 140 cm³/mol. The molecule has 8 nitrogen and oxygen atoms in total. The number of hydrogen-bond acceptors (Lipinski definition) is 5. The summed E-state index contributed by atoms with van der Waals surface area (Å²) in [6.07, 6.45) is 8.25. The standard InChI is InChI=1S/C27H34N4O4S/c1-21-7-13-24(14-8-21)36(34,35)31-19-15-28-27(33)25(31)20-26(32)29-23-11-9-22(10-12-23)6-5-18-30-16-3-2-4-17-30/h7-15,19,25H,2-6,16-18,20H2,1H3,(H,28,33)(H,29,32)/t25-/m1/s1. The van der Waals surface area contributed by atoms with E-state index in [1.54, 1.807) is 12.1 Å². The number of hydrogen-bond donors (Lipinski definition) is 2. The molecule has 4 rings (SSSR count). The van der Waals surface area contributed by atoms with Gasteiger partial charge in [0.05, 0.1) is 11.3 Å². The van der Waals surface area contributed by atoms with Crippen molar-refractivity contribution in [3.05, 3.63) is 72.1 Å². The monoisotopic (exact) mass is 510 g/mol. The fourth-order valence-electron chi connectivity index (χ4n) is 4.60. The Bertz CT molecular complexity index is 1190. The number of amides is 2. The second-order valence-corrected chi connectivity index (χ2v) is 11.3. The number of nitrogens with zero attached hydrogens (tertiary/aromatic N) is 2. The molecule has 2 aliphatic rings. The van der Waals surface area contributed by atoms with Crippen LogP contribution in [0.3, 0.4) is 0 Å². The van der Waals surface area contributed by atoms with E-state index in [1.165, 1.54) is 62.4 Å². The van der Waals surface area contributed by atoms with E-state index in [9.17, 15) is 18.0 Å². The molecule has 2 amide bonds. The molecule has 192 valence electrons. The van der Waals surface area contributed by atoms with E-state index in [1.807, 2.05) is 31.2 Å². The molecule has 2 aromatic carbocycles. The van der Waals surface area contributed by atoms with Crippen LogP contribution in [0.1, 0.15) is 43.2 Å². The average Bonchev–Trinajstić information content (AvgIpc) is 2.87. The summed E-state index contributed by atoms with van der Waals surface area (Å²) in [5, 5.41) is 5.30. The third kappa shape index (κ3) is 6.53. The van der Waals surface area contributed by atoms with Gasteiger partial charge in [0.2, 0.25) is 11.8 Å². The first kappa shape index (κ1) is 25.9. The van der Waals surface area contributed by atoms with Gasteiger partial charge < -0.3 is 15.5 Å². The van der Waals surface area contributed by atoms with Gasteiger partial charge in [0.25, 0.3) is 10.0 Å². The summed E-state index contributed by atoms with van der Waals surface area (Å²) in [7, 11) is -4.00. The van der Waals surface area contributed by atoms with Crippen molar-refractivity contribution in [2.45, 2.75) is 56.4 Å². The zero-order chi connectivity index (χ0) is 25.5. The number of carbonyl (C=O) groups is 2. The first-order valence-corrected chi connectivity index (χ1v) is 14.0. The van der Waals surface area contributed by atoms with Gasteiger partial charge in [-0.15, -0.1) is 0 Å². The molecule has 9 heteroatoms. The third-order valence-corrected chi connectivity index (χ3v) is 8.46. The zero-order valence-corrected chi connectivity index (χ0v) is 21.5. The van der Waals surface area contributed by atoms with Crippen LogP contribution in [0.5, 0.6) is 0 Å². The van der Waals surface area contributed by atoms with Gasteiger partial charge in [0, 0.05) is 18.1 Å². The predicted octanol–water partition coefficient (Wildman–Crippen LogP) is 3.40. The zero-order valence-electron chi connectivity index (χ0n) is 20.7. The second kappa shape index (κ2) is 11.7. The molecule has 0 bridgehead atoms. The molecule has 2 N–H and O–H groups in total. The number of rotatable bonds is 9. The summed E-state index contributed by atoms with van der Waals surface area (Å²) in [6, 6.07) is 12.9. The van der Waals surface area contributed by atoms with Gasteiger partial charge in [-0.05, 0) is 82.1 Å². The minimum Gasteiger partial charge on any atom is -0.329 e. The number of carbonyl (C=O) groups excluding carboxylic acids is 2. The SMILES string of the molecule is Cc1ccc(S(=O)(=O)N2C=CNC(=O)[C@H]2CC(=O)Nc2ccc(CCCN3CCCCC3)cc2)cc1. The smallest absolute Gasteiger partial charge is 0.264 e. The van der Waals surface area contributed by atoms with Crippen LogP contribution in [-0.4, -0.2) is 55.1 Å². The van der Waals surface area contributed by atoms with Crippen molar-refractivity contribution in [2.75, 3.05) is 25.0 Å². The number of piperidine rings is 1. The van der Waals surface area contributed by atoms with E-state index in [2.05, 4.69) is 15.5 Å². The van der Waals surface area contributed by atoms with Crippen molar-refractivity contribution in [3.8, 4) is 0 Å². The summed E-state index contributed by atoms with van der Waals surface area (Å²) >= 11 is 0. The molecule has 36 heavy (non-hydrogen) atoms. The summed E-state index contributed by atoms with van der Waals surface area (Å²) in [5.74, 6) is -0.986. The Balaban J connectivity index is 1.34. The summed E-state index contributed by atoms with van der Waals surface area (Å²) in [6.45, 7) is 5.37. The maximum Gasteiger partial charge on any atom is 0.264 e. The van der Waals surface area contributed by atoms with Crippen molar-refractivity contribution in [1.29, 1.82) is 0 Å². The Morgan fingerprint density at radius 3 is 2.42 bits per heavy atom. The number of sulfonamides is 1. The molecule has 0 unspecified atom stereocenters. The van der Waals surface area contributed by atoms with Gasteiger partial charge >= 0.3 is 0 Å². The quantitative estimate of drug-likeness (QED) is 0.539. The Hall–Kier alpha value is -3.17. The Labute approximate surface area is 213 Å². The van der Waals surface area contributed by atoms with E-state index in [-0.39, 0.29) is 11.3 Å². The fraction of sp³-hybridized carbons (Fsp3) is 0.407. The van der Waals surface area contributed by atoms with Crippen LogP contribution in [-0.2, 0) is 26.0 Å². The van der Waals surface area contributed by atoms with Gasteiger partial charge in [-0.3, -0.25) is 13.9 Å². The van der Waals surface area contributed by atoms with Crippen molar-refractivity contribution in [1.82, 2.24) is 14.5 Å². The van der Waals surface area contributed by atoms with Crippen molar-refractivity contribution in [3.63, 3.8) is 0 Å². The van der Waals surface area contributed by atoms with Crippen LogP contribution in [0.4, 0.5) is 5.69 Å². The first-order valence-electron chi connectivity index (χ1n) is 12.5. The van der Waals surface area contributed by atoms with Crippen molar-refractivity contribution < 1.29 is 18.0 Å². The van der Waals surface area contributed by atoms with E-state index < -0.39 is 27.9 Å². The fourth-order valence-corrected chi connectivity index (χ4v) is 6.05. The van der Waals surface area contributed by atoms with Crippen LogP contribution >= 0.6 is 0 Å². The van der Waals surface area contributed by atoms with Crippen LogP contribution in [0.2, 0.25) is 0 Å². The number of aryl methyl sites for hydroxylation is 2. The molecule has 2 aromatic rings. The molecule has 0 radical (unpaired) electrons. The van der Waals surface area contributed by atoms with E-state index in [0.717, 1.165) is 29.3 Å². The third-order valence-electron chi connectivity index (χ3n) is 6.66. The Morgan fingerprint density at radius 2 is 1.72 bits per heavy atom. The molecule has 2 heterocycles. The first-order chi connectivity index (χ1) is 17.3. The van der Waals surface area contributed by atoms with Gasteiger partial charge in [-0.1, -0.05) is 36.2 Å². The van der Waals surface area contributed by atoms with Gasteiger partial charge in [-0.25, -0.2) is 8.42 Å². The van der Waals surface area contributed by atoms with Gasteiger partial charge in [0.15, 0.2) is 0 Å². The summed E-state index contributed by atoms with van der Waals surface area (Å²) in [5.41, 5.74) is 2.74. The van der Waals surface area contributed by atoms with E-state index >= 15 is 0 Å². The molecule has 1 atom stereocenters. The average molecular weight is 511 g/mol. The van der Waals surface area contributed by atoms with Crippen molar-refractivity contribution in [2.24, 2.45) is 0 Å². The van der Waals surface area contributed by atoms with E-state index in [4.69, 9.17) is 0 Å². The van der Waals surface area contributed by atoms with E-state index in [0.29, 0.717) is 5.69 Å². The van der Waals surface area contributed by atoms with Crippen LogP contribution < -0.4 is 10.6 Å². The molecular formula is C27H34N4O4S. The molecule has 0 aliphatic carbocycles. The lowest BCUT2D eigenvalue weighted by molar-refractivity contribution is -0.127. The topological polar surface area (TPSA) is 98.8 Å². The van der Waals surface area contributed by atoms with Crippen LogP contribution in [0.25, 0.3) is 0 Å². The molecule has 1 saturated heterocycles. The molecular weight excluding hydrogens is 476 g/mol. The lowest BCUT2D eigenvalue weighted by atomic mass is 10.1. The number of likely N-dealkylation sites (tertiary alicyclic amines) is 1. The number of benzene rings is 2. The lowest BCUT2D eigenvalue weighted by Crippen LogP contribution is -2.50. The maximum atomic E-state index is 13.2. The summed E-state index contributed by atoms with van der Waals surface area (Å²) < 4.78 is 27.3. The van der Waals surface area contributed by atoms with Crippen molar-refractivity contribution >= 4 is 27.5 Å². The highest BCUT2D eigenvalue weighted by atomic mass is 32.2. The largest absolute Gasteiger partial charge is 0.329 e. The molecule has 0 spiro atoms. The molecule has 0 saturated carbocycles.